The Kier molecular flexibility index (Phi) is 8.47. The van der Waals surface area contributed by atoms with E-state index in [1.54, 1.807) is 12.3 Å². The topological polar surface area (TPSA) is 97.6 Å². The number of β-amino-alcohol motifs (C(OH)–C–C–N with tert-alkyl or cyclic N) is 1. The number of pyridine rings is 1. The van der Waals surface area contributed by atoms with E-state index < -0.39 is 12.5 Å². The first-order valence-electron chi connectivity index (χ1n) is 13.4. The highest BCUT2D eigenvalue weighted by atomic mass is 19.3. The highest BCUT2D eigenvalue weighted by Crippen LogP contribution is 2.37. The highest BCUT2D eigenvalue weighted by Gasteiger charge is 2.29. The molecule has 11 heteroatoms. The molecule has 0 spiro atoms. The third kappa shape index (κ3) is 6.59. The van der Waals surface area contributed by atoms with E-state index in [4.69, 9.17) is 14.2 Å². The number of amides is 1. The minimum atomic E-state index is -3.11. The van der Waals surface area contributed by atoms with Gasteiger partial charge in [0.2, 0.25) is 0 Å². The van der Waals surface area contributed by atoms with E-state index in [0.717, 1.165) is 45.2 Å². The number of likely N-dealkylation sites (tertiary alicyclic amines) is 1. The summed E-state index contributed by atoms with van der Waals surface area (Å²) in [6, 6.07) is 6.74. The summed E-state index contributed by atoms with van der Waals surface area (Å²) < 4.78 is 44.6. The van der Waals surface area contributed by atoms with Gasteiger partial charge in [0.15, 0.2) is 0 Å². The molecule has 1 aliphatic heterocycles. The van der Waals surface area contributed by atoms with Crippen molar-refractivity contribution in [3.63, 3.8) is 0 Å². The van der Waals surface area contributed by atoms with Crippen molar-refractivity contribution < 1.29 is 32.9 Å². The molecule has 1 saturated carbocycles. The van der Waals surface area contributed by atoms with Crippen LogP contribution < -0.4 is 19.5 Å². The molecule has 210 valence electrons. The zero-order chi connectivity index (χ0) is 27.4. The van der Waals surface area contributed by atoms with Gasteiger partial charge in [-0.25, -0.2) is 4.98 Å². The van der Waals surface area contributed by atoms with Gasteiger partial charge in [0.1, 0.15) is 28.5 Å². The minimum Gasteiger partial charge on any atom is -0.496 e. The van der Waals surface area contributed by atoms with Crippen LogP contribution in [0.3, 0.4) is 0 Å². The van der Waals surface area contributed by atoms with Crippen molar-refractivity contribution >= 4 is 11.6 Å². The quantitative estimate of drug-likeness (QED) is 0.356. The van der Waals surface area contributed by atoms with E-state index in [9.17, 15) is 18.7 Å². The first-order valence-corrected chi connectivity index (χ1v) is 13.4. The van der Waals surface area contributed by atoms with Crippen molar-refractivity contribution in [1.29, 1.82) is 0 Å². The van der Waals surface area contributed by atoms with E-state index in [1.807, 2.05) is 22.7 Å². The number of hydrogen-bond acceptors (Lipinski definition) is 7. The molecule has 9 nitrogen and oxygen atoms in total. The number of benzene rings is 1. The molecule has 1 aliphatic carbocycles. The molecule has 1 unspecified atom stereocenters. The van der Waals surface area contributed by atoms with Crippen LogP contribution in [0.15, 0.2) is 36.7 Å². The maximum Gasteiger partial charge on any atom is 0.387 e. The van der Waals surface area contributed by atoms with Crippen LogP contribution in [0.1, 0.15) is 42.5 Å². The average Bonchev–Trinajstić information content (AvgIpc) is 3.63. The van der Waals surface area contributed by atoms with Crippen molar-refractivity contribution in [3.05, 3.63) is 42.2 Å². The summed E-state index contributed by atoms with van der Waals surface area (Å²) in [5, 5.41) is 12.0. The number of piperidine rings is 1. The fourth-order valence-corrected chi connectivity index (χ4v) is 5.14. The lowest BCUT2D eigenvalue weighted by Crippen LogP contribution is -2.37. The number of imidazole rings is 1. The first-order chi connectivity index (χ1) is 18.9. The molecule has 3 aromatic rings. The van der Waals surface area contributed by atoms with Crippen molar-refractivity contribution in [1.82, 2.24) is 19.6 Å². The largest absolute Gasteiger partial charge is 0.496 e. The van der Waals surface area contributed by atoms with Gasteiger partial charge in [-0.05, 0) is 62.8 Å². The summed E-state index contributed by atoms with van der Waals surface area (Å²) in [7, 11) is 1.38. The molecule has 3 heterocycles. The number of rotatable bonds is 12. The molecule has 1 saturated heterocycles. The van der Waals surface area contributed by atoms with Crippen LogP contribution in [-0.2, 0) is 0 Å². The lowest BCUT2D eigenvalue weighted by molar-refractivity contribution is -0.0502. The van der Waals surface area contributed by atoms with Gasteiger partial charge in [-0.3, -0.25) is 9.20 Å². The number of alkyl halides is 2. The number of carbonyl (C=O) groups excluding carboxylic acids is 1. The Bertz CT molecular complexity index is 1290. The van der Waals surface area contributed by atoms with E-state index in [2.05, 4.69) is 15.2 Å². The SMILES string of the molecule is COc1cc(-c2cnc3cc(OCCC4CCCN(CCO)C4)ccn23)cc(OC(F)F)c1C(=O)NC1CC1. The van der Waals surface area contributed by atoms with E-state index >= 15 is 0 Å². The van der Waals surface area contributed by atoms with Crippen molar-refractivity contribution in [3.8, 4) is 28.5 Å². The van der Waals surface area contributed by atoms with Crippen LogP contribution in [0.4, 0.5) is 8.78 Å². The summed E-state index contributed by atoms with van der Waals surface area (Å²) in [6.07, 6.45) is 8.37. The molecular weight excluding hydrogens is 510 g/mol. The molecule has 0 bridgehead atoms. The molecule has 0 radical (unpaired) electrons. The van der Waals surface area contributed by atoms with Gasteiger partial charge >= 0.3 is 6.61 Å². The molecule has 1 atom stereocenters. The van der Waals surface area contributed by atoms with Crippen LogP contribution >= 0.6 is 0 Å². The second kappa shape index (κ2) is 12.2. The monoisotopic (exact) mass is 544 g/mol. The van der Waals surface area contributed by atoms with Gasteiger partial charge in [0, 0.05) is 37.0 Å². The number of halogens is 2. The Labute approximate surface area is 225 Å². The Hall–Kier alpha value is -3.44. The number of fused-ring (bicyclic) bond motifs is 1. The number of aromatic nitrogens is 2. The van der Waals surface area contributed by atoms with Crippen LogP contribution in [0.2, 0.25) is 0 Å². The Balaban J connectivity index is 1.33. The molecular formula is C28H34F2N4O5. The predicted molar refractivity (Wildman–Crippen MR) is 141 cm³/mol. The zero-order valence-corrected chi connectivity index (χ0v) is 21.9. The summed E-state index contributed by atoms with van der Waals surface area (Å²) in [5.74, 6) is 0.602. The molecule has 1 amide bonds. The Morgan fingerprint density at radius 3 is 2.79 bits per heavy atom. The molecule has 5 rings (SSSR count). The number of methoxy groups -OCH3 is 1. The van der Waals surface area contributed by atoms with Gasteiger partial charge in [-0.2, -0.15) is 8.78 Å². The Morgan fingerprint density at radius 2 is 2.05 bits per heavy atom. The maximum atomic E-state index is 13.3. The first kappa shape index (κ1) is 27.1. The molecule has 2 N–H and O–H groups in total. The molecule has 2 fully saturated rings. The average molecular weight is 545 g/mol. The molecule has 2 aliphatic rings. The van der Waals surface area contributed by atoms with Gasteiger partial charge < -0.3 is 29.5 Å². The summed E-state index contributed by atoms with van der Waals surface area (Å²) in [5.41, 5.74) is 1.70. The van der Waals surface area contributed by atoms with Gasteiger partial charge in [0.05, 0.1) is 32.2 Å². The number of nitrogens with one attached hydrogen (secondary N) is 1. The maximum absolute atomic E-state index is 13.3. The zero-order valence-electron chi connectivity index (χ0n) is 21.9. The fourth-order valence-electron chi connectivity index (χ4n) is 5.14. The van der Waals surface area contributed by atoms with Crippen LogP contribution in [0, 0.1) is 5.92 Å². The molecule has 1 aromatic carbocycles. The lowest BCUT2D eigenvalue weighted by Gasteiger charge is -2.32. The van der Waals surface area contributed by atoms with E-state index in [1.165, 1.54) is 13.2 Å². The second-order valence-electron chi connectivity index (χ2n) is 10.1. The fraction of sp³-hybridized carbons (Fsp3) is 0.500. The van der Waals surface area contributed by atoms with Crippen LogP contribution in [0.5, 0.6) is 17.2 Å². The van der Waals surface area contributed by atoms with Gasteiger partial charge in [-0.1, -0.05) is 0 Å². The lowest BCUT2D eigenvalue weighted by atomic mass is 9.95. The molecule has 39 heavy (non-hydrogen) atoms. The molecule has 2 aromatic heterocycles. The third-order valence-electron chi connectivity index (χ3n) is 7.24. The van der Waals surface area contributed by atoms with Crippen molar-refractivity contribution in [2.75, 3.05) is 40.0 Å². The minimum absolute atomic E-state index is 0.0418. The van der Waals surface area contributed by atoms with E-state index in [0.29, 0.717) is 41.7 Å². The number of ether oxygens (including phenoxy) is 3. The smallest absolute Gasteiger partial charge is 0.387 e. The predicted octanol–water partition coefficient (Wildman–Crippen LogP) is 3.98. The van der Waals surface area contributed by atoms with E-state index in [-0.39, 0.29) is 29.7 Å². The number of hydrogen-bond donors (Lipinski definition) is 2. The number of nitrogens with zero attached hydrogens (tertiary/aromatic N) is 3. The normalized spacial score (nSPS) is 17.9. The van der Waals surface area contributed by atoms with Gasteiger partial charge in [0.25, 0.3) is 5.91 Å². The van der Waals surface area contributed by atoms with Crippen LogP contribution in [0.25, 0.3) is 16.9 Å². The van der Waals surface area contributed by atoms with Crippen molar-refractivity contribution in [2.45, 2.75) is 44.8 Å². The number of carbonyl (C=O) groups is 1. The highest BCUT2D eigenvalue weighted by molar-refractivity contribution is 6.01. The summed E-state index contributed by atoms with van der Waals surface area (Å²) >= 11 is 0. The van der Waals surface area contributed by atoms with Crippen molar-refractivity contribution in [2.24, 2.45) is 5.92 Å². The Morgan fingerprint density at radius 1 is 1.23 bits per heavy atom. The van der Waals surface area contributed by atoms with Gasteiger partial charge in [-0.15, -0.1) is 0 Å². The standard InChI is InChI=1S/C28H34F2N4O5/c1-37-23-13-19(14-24(39-28(29)30)26(23)27(36)32-20-4-5-20)22-16-31-25-15-21(6-9-34(22)25)38-12-7-18-3-2-8-33(17-18)10-11-35/h6,9,13-16,18,20,28,35H,2-5,7-8,10-12,17H2,1H3,(H,32,36). The number of aliphatic hydroxyl groups is 1. The second-order valence-corrected chi connectivity index (χ2v) is 10.1. The summed E-state index contributed by atoms with van der Waals surface area (Å²) in [6.45, 7) is 0.392. The third-order valence-corrected chi connectivity index (χ3v) is 7.24. The summed E-state index contributed by atoms with van der Waals surface area (Å²) in [4.78, 5) is 19.6. The van der Waals surface area contributed by atoms with Crippen LogP contribution in [-0.4, -0.2) is 77.9 Å². The number of aliphatic hydroxyl groups excluding tert-OH is 1.